The van der Waals surface area contributed by atoms with E-state index in [9.17, 15) is 5.11 Å². The van der Waals surface area contributed by atoms with Crippen molar-refractivity contribution >= 4 is 11.8 Å². The second-order valence-electron chi connectivity index (χ2n) is 5.88. The molecule has 2 N–H and O–H groups in total. The number of allylic oxidation sites excluding steroid dienone is 2. The predicted octanol–water partition coefficient (Wildman–Crippen LogP) is 4.21. The highest BCUT2D eigenvalue weighted by atomic mass is 16.4. The molecule has 1 aromatic rings. The molecule has 1 atom stereocenters. The Kier molecular flexibility index (Phi) is 3.77. The number of hydrogen-bond donors (Lipinski definition) is 2. The molecule has 1 saturated carbocycles. The van der Waals surface area contributed by atoms with Gasteiger partial charge in [0.05, 0.1) is 6.21 Å². The molecule has 3 rings (SSSR count). The van der Waals surface area contributed by atoms with Crippen LogP contribution in [0.3, 0.4) is 0 Å². The number of hydrogen-bond acceptors (Lipinski definition) is 3. The van der Waals surface area contributed by atoms with Gasteiger partial charge in [0.15, 0.2) is 0 Å². The third-order valence-electron chi connectivity index (χ3n) is 4.69. The van der Waals surface area contributed by atoms with Crippen LogP contribution < -0.4 is 0 Å². The van der Waals surface area contributed by atoms with Crippen molar-refractivity contribution in [2.45, 2.75) is 38.5 Å². The van der Waals surface area contributed by atoms with Gasteiger partial charge in [-0.1, -0.05) is 30.5 Å². The van der Waals surface area contributed by atoms with E-state index < -0.39 is 0 Å². The molecule has 3 nitrogen and oxygen atoms in total. The summed E-state index contributed by atoms with van der Waals surface area (Å²) in [6.07, 6.45) is 8.94. The fraction of sp³-hybridized carbons (Fsp3) is 0.471. The van der Waals surface area contributed by atoms with E-state index in [0.29, 0.717) is 11.7 Å². The molecule has 0 bridgehead atoms. The Morgan fingerprint density at radius 3 is 2.65 bits per heavy atom. The van der Waals surface area contributed by atoms with Crippen molar-refractivity contribution < 1.29 is 10.3 Å². The van der Waals surface area contributed by atoms with Gasteiger partial charge in [-0.05, 0) is 54.9 Å². The maximum absolute atomic E-state index is 9.74. The van der Waals surface area contributed by atoms with E-state index in [0.717, 1.165) is 18.4 Å². The Hall–Kier alpha value is -1.77. The summed E-state index contributed by atoms with van der Waals surface area (Å²) in [7, 11) is 0. The van der Waals surface area contributed by atoms with Crippen LogP contribution in [-0.4, -0.2) is 16.5 Å². The number of benzene rings is 1. The summed E-state index contributed by atoms with van der Waals surface area (Å²) in [5.74, 6) is 1.16. The van der Waals surface area contributed by atoms with Gasteiger partial charge in [-0.15, -0.1) is 5.16 Å². The van der Waals surface area contributed by atoms with Crippen LogP contribution in [0, 0.1) is 11.8 Å². The first kappa shape index (κ1) is 13.2. The average molecular weight is 271 g/mol. The van der Waals surface area contributed by atoms with Crippen molar-refractivity contribution in [3.63, 3.8) is 0 Å². The minimum absolute atomic E-state index is 0.178. The minimum Gasteiger partial charge on any atom is -0.508 e. The van der Waals surface area contributed by atoms with E-state index in [4.69, 9.17) is 5.21 Å². The van der Waals surface area contributed by atoms with Gasteiger partial charge in [-0.3, -0.25) is 0 Å². The molecule has 0 spiro atoms. The molecule has 0 aliphatic heterocycles. The van der Waals surface area contributed by atoms with E-state index >= 15 is 0 Å². The SMILES string of the molecule is ON=CC1CCC(C2CCCC2)=C1c1cccc(O)c1. The van der Waals surface area contributed by atoms with Gasteiger partial charge in [-0.25, -0.2) is 0 Å². The second-order valence-corrected chi connectivity index (χ2v) is 5.88. The van der Waals surface area contributed by atoms with E-state index in [1.54, 1.807) is 12.3 Å². The van der Waals surface area contributed by atoms with E-state index in [-0.39, 0.29) is 5.92 Å². The fourth-order valence-electron chi connectivity index (χ4n) is 3.83. The second kappa shape index (κ2) is 5.70. The smallest absolute Gasteiger partial charge is 0.116 e. The van der Waals surface area contributed by atoms with Gasteiger partial charge in [0.2, 0.25) is 0 Å². The summed E-state index contributed by atoms with van der Waals surface area (Å²) in [6, 6.07) is 7.46. The zero-order valence-electron chi connectivity index (χ0n) is 11.6. The van der Waals surface area contributed by atoms with Gasteiger partial charge in [0, 0.05) is 5.92 Å². The molecular weight excluding hydrogens is 250 g/mol. The molecule has 0 heterocycles. The van der Waals surface area contributed by atoms with Crippen LogP contribution in [0.4, 0.5) is 0 Å². The third-order valence-corrected chi connectivity index (χ3v) is 4.69. The van der Waals surface area contributed by atoms with Gasteiger partial charge in [-0.2, -0.15) is 0 Å². The number of oxime groups is 1. The number of rotatable bonds is 3. The minimum atomic E-state index is 0.178. The molecule has 20 heavy (non-hydrogen) atoms. The van der Waals surface area contributed by atoms with Crippen LogP contribution >= 0.6 is 0 Å². The van der Waals surface area contributed by atoms with E-state index in [1.165, 1.54) is 36.8 Å². The van der Waals surface area contributed by atoms with Crippen LogP contribution in [0.25, 0.3) is 5.57 Å². The van der Waals surface area contributed by atoms with E-state index in [1.807, 2.05) is 18.2 Å². The quantitative estimate of drug-likeness (QED) is 0.491. The maximum Gasteiger partial charge on any atom is 0.116 e. The lowest BCUT2D eigenvalue weighted by molar-refractivity contribution is 0.319. The Bertz CT molecular complexity index is 542. The van der Waals surface area contributed by atoms with Crippen molar-refractivity contribution in [2.75, 3.05) is 0 Å². The summed E-state index contributed by atoms with van der Waals surface area (Å²) >= 11 is 0. The highest BCUT2D eigenvalue weighted by molar-refractivity contribution is 5.86. The lowest BCUT2D eigenvalue weighted by Gasteiger charge is -2.16. The highest BCUT2D eigenvalue weighted by Crippen LogP contribution is 2.46. The highest BCUT2D eigenvalue weighted by Gasteiger charge is 2.31. The van der Waals surface area contributed by atoms with Crippen LogP contribution in [0.5, 0.6) is 5.75 Å². The zero-order valence-corrected chi connectivity index (χ0v) is 11.6. The average Bonchev–Trinajstić information content (AvgIpc) is 3.07. The third kappa shape index (κ3) is 2.45. The molecule has 1 unspecified atom stereocenters. The van der Waals surface area contributed by atoms with Crippen molar-refractivity contribution in [3.05, 3.63) is 35.4 Å². The van der Waals surface area contributed by atoms with Crippen molar-refractivity contribution in [1.82, 2.24) is 0 Å². The predicted molar refractivity (Wildman–Crippen MR) is 80.0 cm³/mol. The van der Waals surface area contributed by atoms with Gasteiger partial charge >= 0.3 is 0 Å². The standard InChI is InChI=1S/C17H21NO2/c19-15-7-3-6-13(10-15)17-14(11-18-20)8-9-16(17)12-4-1-2-5-12/h3,6-7,10-12,14,19-20H,1-2,4-5,8-9H2. The molecule has 0 amide bonds. The first-order valence-electron chi connectivity index (χ1n) is 7.49. The topological polar surface area (TPSA) is 52.8 Å². The van der Waals surface area contributed by atoms with Crippen molar-refractivity contribution in [3.8, 4) is 5.75 Å². The largest absolute Gasteiger partial charge is 0.508 e. The van der Waals surface area contributed by atoms with Gasteiger partial charge in [0.1, 0.15) is 5.75 Å². The first-order valence-corrected chi connectivity index (χ1v) is 7.49. The molecule has 0 radical (unpaired) electrons. The maximum atomic E-state index is 9.74. The Morgan fingerprint density at radius 2 is 1.95 bits per heavy atom. The molecule has 2 aliphatic rings. The number of phenols is 1. The molecule has 0 saturated heterocycles. The molecular formula is C17H21NO2. The number of nitrogens with zero attached hydrogens (tertiary/aromatic N) is 1. The van der Waals surface area contributed by atoms with Gasteiger partial charge < -0.3 is 10.3 Å². The van der Waals surface area contributed by atoms with Crippen LogP contribution in [0.15, 0.2) is 35.0 Å². The summed E-state index contributed by atoms with van der Waals surface area (Å²) < 4.78 is 0. The molecule has 0 aromatic heterocycles. The van der Waals surface area contributed by atoms with Crippen LogP contribution in [-0.2, 0) is 0 Å². The van der Waals surface area contributed by atoms with Crippen molar-refractivity contribution in [2.24, 2.45) is 17.0 Å². The Labute approximate surface area is 119 Å². The summed E-state index contributed by atoms with van der Waals surface area (Å²) in [4.78, 5) is 0. The Morgan fingerprint density at radius 1 is 1.15 bits per heavy atom. The van der Waals surface area contributed by atoms with Crippen LogP contribution in [0.2, 0.25) is 0 Å². The molecule has 3 heteroatoms. The van der Waals surface area contributed by atoms with Gasteiger partial charge in [0.25, 0.3) is 0 Å². The molecule has 1 fully saturated rings. The number of aromatic hydroxyl groups is 1. The molecule has 106 valence electrons. The summed E-state index contributed by atoms with van der Waals surface area (Å²) in [5.41, 5.74) is 3.89. The van der Waals surface area contributed by atoms with Crippen molar-refractivity contribution in [1.29, 1.82) is 0 Å². The fourth-order valence-corrected chi connectivity index (χ4v) is 3.83. The lowest BCUT2D eigenvalue weighted by atomic mass is 9.88. The zero-order chi connectivity index (χ0) is 13.9. The summed E-state index contributed by atoms with van der Waals surface area (Å²) in [5, 5.41) is 21.9. The molecule has 1 aromatic carbocycles. The normalized spacial score (nSPS) is 24.1. The molecule has 2 aliphatic carbocycles. The lowest BCUT2D eigenvalue weighted by Crippen LogP contribution is -2.03. The Balaban J connectivity index is 2.04. The van der Waals surface area contributed by atoms with Crippen LogP contribution in [0.1, 0.15) is 44.1 Å². The number of phenolic OH excluding ortho intramolecular Hbond substituents is 1. The first-order chi connectivity index (χ1) is 9.79. The van der Waals surface area contributed by atoms with E-state index in [2.05, 4.69) is 5.16 Å². The summed E-state index contributed by atoms with van der Waals surface area (Å²) in [6.45, 7) is 0. The monoisotopic (exact) mass is 271 g/mol.